The first kappa shape index (κ1) is 35.7. The van der Waals surface area contributed by atoms with Crippen LogP contribution in [0.5, 0.6) is 0 Å². The molecular weight excluding hydrogens is 592 g/mol. The topological polar surface area (TPSA) is 200 Å². The summed E-state index contributed by atoms with van der Waals surface area (Å²) in [6.07, 6.45) is 1.33. The molecule has 13 nitrogen and oxygen atoms in total. The number of carboxylic acid groups (broad SMARTS) is 1. The van der Waals surface area contributed by atoms with Crippen molar-refractivity contribution in [2.75, 3.05) is 13.1 Å². The summed E-state index contributed by atoms with van der Waals surface area (Å²) in [6, 6.07) is 13.5. The Labute approximate surface area is 268 Å². The van der Waals surface area contributed by atoms with Gasteiger partial charge >= 0.3 is 5.97 Å². The van der Waals surface area contributed by atoms with Gasteiger partial charge in [0, 0.05) is 13.0 Å². The second-order valence-electron chi connectivity index (χ2n) is 11.8. The van der Waals surface area contributed by atoms with Gasteiger partial charge in [-0.25, -0.2) is 0 Å². The van der Waals surface area contributed by atoms with Crippen LogP contribution in [0.2, 0.25) is 0 Å². The van der Waals surface area contributed by atoms with E-state index in [9.17, 15) is 28.8 Å². The molecule has 1 aliphatic heterocycles. The number of nitrogens with two attached hydrogens (primary N) is 1. The Bertz CT molecular complexity index is 1370. The lowest BCUT2D eigenvalue weighted by atomic mass is 9.99. The first-order valence-corrected chi connectivity index (χ1v) is 15.4. The molecule has 0 spiro atoms. The lowest BCUT2D eigenvalue weighted by molar-refractivity contribution is -0.143. The van der Waals surface area contributed by atoms with E-state index in [1.807, 2.05) is 60.7 Å². The van der Waals surface area contributed by atoms with Crippen molar-refractivity contribution in [1.82, 2.24) is 26.2 Å². The van der Waals surface area contributed by atoms with Crippen molar-refractivity contribution in [3.8, 4) is 0 Å². The SMILES string of the molecule is CC(C)[C@H](NC(=O)[C@H](Cc1ccccc1)NC(=O)[C@@H](N)Cc1ccccc1)C(=O)N1CCC[C@H]1C(=O)NCC(=O)N[C@@H](C)C(=O)O. The van der Waals surface area contributed by atoms with E-state index in [4.69, 9.17) is 10.8 Å². The Morgan fingerprint density at radius 3 is 2.00 bits per heavy atom. The second kappa shape index (κ2) is 17.1. The Balaban J connectivity index is 1.70. The maximum Gasteiger partial charge on any atom is 0.325 e. The number of carbonyl (C=O) groups excluding carboxylic acids is 5. The molecule has 3 rings (SSSR count). The molecule has 0 aromatic heterocycles. The molecule has 0 radical (unpaired) electrons. The van der Waals surface area contributed by atoms with Gasteiger partial charge in [0.2, 0.25) is 29.5 Å². The fourth-order valence-corrected chi connectivity index (χ4v) is 5.19. The van der Waals surface area contributed by atoms with Crippen molar-refractivity contribution in [1.29, 1.82) is 0 Å². The molecular formula is C33H44N6O7. The molecule has 2 aromatic carbocycles. The number of nitrogens with zero attached hydrogens (tertiary/aromatic N) is 1. The van der Waals surface area contributed by atoms with Crippen LogP contribution in [0.4, 0.5) is 0 Å². The van der Waals surface area contributed by atoms with Crippen LogP contribution >= 0.6 is 0 Å². The third-order valence-electron chi connectivity index (χ3n) is 7.79. The normalized spacial score (nSPS) is 16.9. The molecule has 5 atom stereocenters. The molecule has 1 saturated heterocycles. The van der Waals surface area contributed by atoms with Crippen LogP contribution < -0.4 is 27.0 Å². The van der Waals surface area contributed by atoms with E-state index >= 15 is 0 Å². The van der Waals surface area contributed by atoms with E-state index in [0.717, 1.165) is 11.1 Å². The average Bonchev–Trinajstić information content (AvgIpc) is 3.53. The fourth-order valence-electron chi connectivity index (χ4n) is 5.19. The summed E-state index contributed by atoms with van der Waals surface area (Å²) in [6.45, 7) is 4.66. The van der Waals surface area contributed by atoms with Gasteiger partial charge in [-0.1, -0.05) is 74.5 Å². The molecule has 0 saturated carbocycles. The number of likely N-dealkylation sites (tertiary alicyclic amines) is 1. The van der Waals surface area contributed by atoms with E-state index in [2.05, 4.69) is 21.3 Å². The average molecular weight is 637 g/mol. The Hall–Kier alpha value is -4.78. The van der Waals surface area contributed by atoms with Gasteiger partial charge in [-0.05, 0) is 43.2 Å². The van der Waals surface area contributed by atoms with Crippen molar-refractivity contribution in [3.05, 3.63) is 71.8 Å². The minimum absolute atomic E-state index is 0.160. The number of hydrogen-bond donors (Lipinski definition) is 6. The number of carbonyl (C=O) groups is 6. The number of amides is 5. The summed E-state index contributed by atoms with van der Waals surface area (Å²) in [5, 5.41) is 19.3. The molecule has 248 valence electrons. The van der Waals surface area contributed by atoms with Crippen LogP contribution in [0.25, 0.3) is 0 Å². The number of nitrogens with one attached hydrogen (secondary N) is 4. The first-order valence-electron chi connectivity index (χ1n) is 15.4. The van der Waals surface area contributed by atoms with Gasteiger partial charge < -0.3 is 37.0 Å². The van der Waals surface area contributed by atoms with Crippen LogP contribution in [-0.4, -0.2) is 88.8 Å². The van der Waals surface area contributed by atoms with E-state index in [0.29, 0.717) is 12.8 Å². The van der Waals surface area contributed by atoms with Gasteiger partial charge in [-0.2, -0.15) is 0 Å². The number of aliphatic carboxylic acids is 1. The largest absolute Gasteiger partial charge is 0.480 e. The highest BCUT2D eigenvalue weighted by Gasteiger charge is 2.39. The number of carboxylic acids is 1. The highest BCUT2D eigenvalue weighted by Crippen LogP contribution is 2.21. The molecule has 0 aliphatic carbocycles. The quantitative estimate of drug-likeness (QED) is 0.158. The molecule has 7 N–H and O–H groups in total. The van der Waals surface area contributed by atoms with E-state index < -0.39 is 72.3 Å². The minimum Gasteiger partial charge on any atom is -0.480 e. The van der Waals surface area contributed by atoms with Gasteiger partial charge in [-0.15, -0.1) is 0 Å². The summed E-state index contributed by atoms with van der Waals surface area (Å²) in [4.78, 5) is 78.1. The van der Waals surface area contributed by atoms with Crippen LogP contribution in [0.1, 0.15) is 44.7 Å². The predicted octanol–water partition coefficient (Wildman–Crippen LogP) is 0.121. The maximum absolute atomic E-state index is 13.8. The molecule has 1 fully saturated rings. The Morgan fingerprint density at radius 1 is 0.848 bits per heavy atom. The van der Waals surface area contributed by atoms with Gasteiger partial charge in [0.25, 0.3) is 0 Å². The van der Waals surface area contributed by atoms with Gasteiger partial charge in [0.05, 0.1) is 12.6 Å². The van der Waals surface area contributed by atoms with Crippen LogP contribution in [0, 0.1) is 5.92 Å². The lowest BCUT2D eigenvalue weighted by Gasteiger charge is -2.31. The molecule has 46 heavy (non-hydrogen) atoms. The predicted molar refractivity (Wildman–Crippen MR) is 170 cm³/mol. The summed E-state index contributed by atoms with van der Waals surface area (Å²) in [7, 11) is 0. The van der Waals surface area contributed by atoms with E-state index in [1.165, 1.54) is 11.8 Å². The monoisotopic (exact) mass is 636 g/mol. The molecule has 2 aromatic rings. The van der Waals surface area contributed by atoms with E-state index in [-0.39, 0.29) is 25.3 Å². The smallest absolute Gasteiger partial charge is 0.325 e. The second-order valence-corrected chi connectivity index (χ2v) is 11.8. The van der Waals surface area contributed by atoms with Gasteiger partial charge in [0.1, 0.15) is 24.2 Å². The zero-order valence-corrected chi connectivity index (χ0v) is 26.4. The summed E-state index contributed by atoms with van der Waals surface area (Å²) in [5.41, 5.74) is 7.87. The third kappa shape index (κ3) is 10.4. The number of rotatable bonds is 15. The van der Waals surface area contributed by atoms with Gasteiger partial charge in [-0.3, -0.25) is 28.8 Å². The van der Waals surface area contributed by atoms with Crippen LogP contribution in [-0.2, 0) is 41.6 Å². The van der Waals surface area contributed by atoms with Gasteiger partial charge in [0.15, 0.2) is 0 Å². The number of benzene rings is 2. The summed E-state index contributed by atoms with van der Waals surface area (Å²) < 4.78 is 0. The molecule has 5 amide bonds. The zero-order valence-electron chi connectivity index (χ0n) is 26.4. The van der Waals surface area contributed by atoms with Crippen LogP contribution in [0.3, 0.4) is 0 Å². The van der Waals surface area contributed by atoms with E-state index in [1.54, 1.807) is 13.8 Å². The van der Waals surface area contributed by atoms with Crippen molar-refractivity contribution in [2.45, 2.75) is 76.7 Å². The third-order valence-corrected chi connectivity index (χ3v) is 7.79. The van der Waals surface area contributed by atoms with Crippen molar-refractivity contribution < 1.29 is 33.9 Å². The molecule has 0 bridgehead atoms. The fraction of sp³-hybridized carbons (Fsp3) is 0.455. The van der Waals surface area contributed by atoms with Crippen molar-refractivity contribution in [3.63, 3.8) is 0 Å². The van der Waals surface area contributed by atoms with Crippen LogP contribution in [0.15, 0.2) is 60.7 Å². The zero-order chi connectivity index (χ0) is 33.8. The highest BCUT2D eigenvalue weighted by molar-refractivity contribution is 5.96. The minimum atomic E-state index is -1.21. The van der Waals surface area contributed by atoms with Crippen molar-refractivity contribution >= 4 is 35.5 Å². The Kier molecular flexibility index (Phi) is 13.2. The summed E-state index contributed by atoms with van der Waals surface area (Å²) >= 11 is 0. The van der Waals surface area contributed by atoms with Crippen molar-refractivity contribution in [2.24, 2.45) is 11.7 Å². The molecule has 1 aliphatic rings. The first-order chi connectivity index (χ1) is 21.9. The highest BCUT2D eigenvalue weighted by atomic mass is 16.4. The lowest BCUT2D eigenvalue weighted by Crippen LogP contribution is -2.59. The molecule has 0 unspecified atom stereocenters. The number of hydrogen-bond acceptors (Lipinski definition) is 7. The Morgan fingerprint density at radius 2 is 1.43 bits per heavy atom. The summed E-state index contributed by atoms with van der Waals surface area (Å²) in [5.74, 6) is -4.35. The molecule has 13 heteroatoms. The standard InChI is InChI=1S/C33H44N6O7/c1-20(2)28(32(44)39-16-10-15-26(39)31(43)35-19-27(40)36-21(3)33(45)46)38-30(42)25(18-23-13-8-5-9-14-23)37-29(41)24(34)17-22-11-6-4-7-12-22/h4-9,11-14,20-21,24-26,28H,10,15-19,34H2,1-3H3,(H,35,43)(H,36,40)(H,37,41)(H,38,42)(H,45,46)/t21-,24-,25-,26-,28-/m0/s1. The maximum atomic E-state index is 13.8. The molecule has 1 heterocycles.